The smallest absolute Gasteiger partial charge is 0.0461 e. The maximum absolute atomic E-state index is 3.93. The maximum atomic E-state index is 3.93. The van der Waals surface area contributed by atoms with Gasteiger partial charge in [-0.3, -0.25) is 0 Å². The molecule has 2 aromatic rings. The second-order valence-electron chi connectivity index (χ2n) is 6.16. The third kappa shape index (κ3) is 1.57. The van der Waals surface area contributed by atoms with Gasteiger partial charge in [0.15, 0.2) is 0 Å². The minimum absolute atomic E-state index is 0.0407. The molecule has 0 saturated heterocycles. The van der Waals surface area contributed by atoms with Crippen LogP contribution in [0.2, 0.25) is 0 Å². The SMILES string of the molecule is CC1(c2ccccc2)c2ccccc2C(Br)C1(C)C. The molecule has 0 aromatic heterocycles. The maximum Gasteiger partial charge on any atom is 0.0461 e. The lowest BCUT2D eigenvalue weighted by atomic mass is 9.63. The molecule has 2 aromatic carbocycles. The summed E-state index contributed by atoms with van der Waals surface area (Å²) in [4.78, 5) is 0.390. The molecule has 1 heteroatoms. The van der Waals surface area contributed by atoms with Crippen molar-refractivity contribution in [3.05, 3.63) is 71.3 Å². The zero-order valence-corrected chi connectivity index (χ0v) is 13.2. The van der Waals surface area contributed by atoms with E-state index in [-0.39, 0.29) is 10.8 Å². The largest absolute Gasteiger partial charge is 0.0832 e. The Labute approximate surface area is 124 Å². The van der Waals surface area contributed by atoms with Gasteiger partial charge in [-0.25, -0.2) is 0 Å². The van der Waals surface area contributed by atoms with Crippen LogP contribution in [-0.4, -0.2) is 0 Å². The third-order valence-corrected chi connectivity index (χ3v) is 6.68. The van der Waals surface area contributed by atoms with Crippen molar-refractivity contribution in [3.63, 3.8) is 0 Å². The average Bonchev–Trinajstić information content (AvgIpc) is 2.60. The first-order chi connectivity index (χ1) is 8.99. The lowest BCUT2D eigenvalue weighted by molar-refractivity contribution is 0.245. The summed E-state index contributed by atoms with van der Waals surface area (Å²) in [6.45, 7) is 7.10. The van der Waals surface area contributed by atoms with E-state index in [4.69, 9.17) is 0 Å². The Balaban J connectivity index is 2.31. The number of benzene rings is 2. The minimum atomic E-state index is 0.0407. The van der Waals surface area contributed by atoms with Gasteiger partial charge >= 0.3 is 0 Å². The Bertz CT molecular complexity index is 600. The van der Waals surface area contributed by atoms with Gasteiger partial charge in [0.25, 0.3) is 0 Å². The van der Waals surface area contributed by atoms with Crippen LogP contribution in [0.4, 0.5) is 0 Å². The zero-order chi connectivity index (χ0) is 13.7. The van der Waals surface area contributed by atoms with Crippen molar-refractivity contribution in [2.45, 2.75) is 31.0 Å². The van der Waals surface area contributed by atoms with Crippen molar-refractivity contribution in [3.8, 4) is 0 Å². The van der Waals surface area contributed by atoms with Gasteiger partial charge in [-0.1, -0.05) is 91.3 Å². The molecular formula is C18H19Br. The number of rotatable bonds is 1. The van der Waals surface area contributed by atoms with Crippen molar-refractivity contribution < 1.29 is 0 Å². The second kappa shape index (κ2) is 4.21. The fourth-order valence-electron chi connectivity index (χ4n) is 3.46. The Hall–Kier alpha value is -1.08. The van der Waals surface area contributed by atoms with Gasteiger partial charge < -0.3 is 0 Å². The second-order valence-corrected chi connectivity index (χ2v) is 7.08. The molecule has 0 aliphatic heterocycles. The van der Waals surface area contributed by atoms with E-state index in [1.807, 2.05) is 0 Å². The molecule has 3 rings (SSSR count). The van der Waals surface area contributed by atoms with Gasteiger partial charge in [-0.2, -0.15) is 0 Å². The summed E-state index contributed by atoms with van der Waals surface area (Å²) in [5.74, 6) is 0. The summed E-state index contributed by atoms with van der Waals surface area (Å²) in [6.07, 6.45) is 0. The molecule has 19 heavy (non-hydrogen) atoms. The summed E-state index contributed by atoms with van der Waals surface area (Å²) in [7, 11) is 0. The number of hydrogen-bond acceptors (Lipinski definition) is 0. The van der Waals surface area contributed by atoms with Crippen LogP contribution in [0.25, 0.3) is 0 Å². The Morgan fingerprint density at radius 3 is 2.11 bits per heavy atom. The summed E-state index contributed by atoms with van der Waals surface area (Å²) in [5, 5.41) is 0. The summed E-state index contributed by atoms with van der Waals surface area (Å²) in [6, 6.07) is 19.7. The van der Waals surface area contributed by atoms with Gasteiger partial charge in [-0.05, 0) is 22.1 Å². The highest BCUT2D eigenvalue weighted by atomic mass is 79.9. The quantitative estimate of drug-likeness (QED) is 0.612. The number of fused-ring (bicyclic) bond motifs is 1. The average molecular weight is 315 g/mol. The van der Waals surface area contributed by atoms with Crippen LogP contribution in [0.5, 0.6) is 0 Å². The molecule has 0 N–H and O–H groups in total. The van der Waals surface area contributed by atoms with Crippen LogP contribution in [-0.2, 0) is 5.41 Å². The summed E-state index contributed by atoms with van der Waals surface area (Å²) >= 11 is 3.93. The first kappa shape index (κ1) is 12.9. The van der Waals surface area contributed by atoms with E-state index < -0.39 is 0 Å². The van der Waals surface area contributed by atoms with E-state index in [0.717, 1.165) is 0 Å². The van der Waals surface area contributed by atoms with Crippen molar-refractivity contribution in [2.24, 2.45) is 5.41 Å². The highest BCUT2D eigenvalue weighted by Gasteiger charge is 2.54. The third-order valence-electron chi connectivity index (χ3n) is 5.05. The van der Waals surface area contributed by atoms with Gasteiger partial charge in [0.2, 0.25) is 0 Å². The highest BCUT2D eigenvalue weighted by Crippen LogP contribution is 2.63. The van der Waals surface area contributed by atoms with Gasteiger partial charge in [0.05, 0.1) is 0 Å². The van der Waals surface area contributed by atoms with Crippen LogP contribution in [0.3, 0.4) is 0 Å². The van der Waals surface area contributed by atoms with E-state index in [1.165, 1.54) is 16.7 Å². The molecule has 0 bridgehead atoms. The summed E-state index contributed by atoms with van der Waals surface area (Å²) in [5.41, 5.74) is 4.46. The molecule has 1 aliphatic rings. The topological polar surface area (TPSA) is 0 Å². The van der Waals surface area contributed by atoms with Crippen molar-refractivity contribution in [1.29, 1.82) is 0 Å². The lowest BCUT2D eigenvalue weighted by Crippen LogP contribution is -2.37. The van der Waals surface area contributed by atoms with Crippen molar-refractivity contribution in [1.82, 2.24) is 0 Å². The molecule has 0 nitrogen and oxygen atoms in total. The van der Waals surface area contributed by atoms with E-state index in [1.54, 1.807) is 0 Å². The molecule has 0 heterocycles. The summed E-state index contributed by atoms with van der Waals surface area (Å²) < 4.78 is 0. The monoisotopic (exact) mass is 314 g/mol. The van der Waals surface area contributed by atoms with Gasteiger partial charge in [-0.15, -0.1) is 0 Å². The molecule has 0 spiro atoms. The zero-order valence-electron chi connectivity index (χ0n) is 11.7. The van der Waals surface area contributed by atoms with Crippen molar-refractivity contribution >= 4 is 15.9 Å². The van der Waals surface area contributed by atoms with Gasteiger partial charge in [0.1, 0.15) is 0 Å². The van der Waals surface area contributed by atoms with E-state index in [9.17, 15) is 0 Å². The van der Waals surface area contributed by atoms with Crippen LogP contribution >= 0.6 is 15.9 Å². The highest BCUT2D eigenvalue weighted by molar-refractivity contribution is 9.09. The molecular weight excluding hydrogens is 296 g/mol. The number of alkyl halides is 1. The van der Waals surface area contributed by atoms with Crippen LogP contribution in [0, 0.1) is 5.41 Å². The molecule has 0 saturated carbocycles. The van der Waals surface area contributed by atoms with Gasteiger partial charge in [0, 0.05) is 10.2 Å². The molecule has 0 radical (unpaired) electrons. The molecule has 2 unspecified atom stereocenters. The first-order valence-electron chi connectivity index (χ1n) is 6.78. The Morgan fingerprint density at radius 1 is 0.842 bits per heavy atom. The fraction of sp³-hybridized carbons (Fsp3) is 0.333. The number of hydrogen-bond donors (Lipinski definition) is 0. The van der Waals surface area contributed by atoms with Crippen LogP contribution in [0.1, 0.15) is 42.3 Å². The lowest BCUT2D eigenvalue weighted by Gasteiger charge is -2.41. The predicted octanol–water partition coefficient (Wildman–Crippen LogP) is 5.47. The fourth-order valence-corrected chi connectivity index (χ4v) is 4.32. The van der Waals surface area contributed by atoms with Crippen molar-refractivity contribution in [2.75, 3.05) is 0 Å². The molecule has 98 valence electrons. The Kier molecular flexibility index (Phi) is 2.86. The molecule has 2 atom stereocenters. The van der Waals surface area contributed by atoms with E-state index in [0.29, 0.717) is 4.83 Å². The first-order valence-corrected chi connectivity index (χ1v) is 7.70. The normalized spacial score (nSPS) is 28.1. The van der Waals surface area contributed by atoms with Crippen LogP contribution < -0.4 is 0 Å². The van der Waals surface area contributed by atoms with E-state index >= 15 is 0 Å². The molecule has 1 aliphatic carbocycles. The number of halogens is 1. The minimum Gasteiger partial charge on any atom is -0.0832 e. The predicted molar refractivity (Wildman–Crippen MR) is 84.8 cm³/mol. The standard InChI is InChI=1S/C18H19Br/c1-17(2)16(19)14-11-7-8-12-15(14)18(17,3)13-9-5-4-6-10-13/h4-12,16H,1-3H3. The van der Waals surface area contributed by atoms with E-state index in [2.05, 4.69) is 91.3 Å². The van der Waals surface area contributed by atoms with Crippen LogP contribution in [0.15, 0.2) is 54.6 Å². The Morgan fingerprint density at radius 2 is 1.42 bits per heavy atom. The molecule has 0 fully saturated rings. The molecule has 0 amide bonds.